The predicted molar refractivity (Wildman–Crippen MR) is 169 cm³/mol. The van der Waals surface area contributed by atoms with Gasteiger partial charge in [0.15, 0.2) is 0 Å². The Kier molecular flexibility index (Phi) is 11.1. The van der Waals surface area contributed by atoms with Crippen molar-refractivity contribution in [1.82, 2.24) is 9.30 Å². The lowest BCUT2D eigenvalue weighted by molar-refractivity contribution is 0.103. The lowest BCUT2D eigenvalue weighted by atomic mass is 10.00. The van der Waals surface area contributed by atoms with Crippen molar-refractivity contribution in [3.05, 3.63) is 92.1 Å². The van der Waals surface area contributed by atoms with E-state index in [2.05, 4.69) is 50.6 Å². The Morgan fingerprint density at radius 2 is 1.62 bits per heavy atom. The third-order valence-electron chi connectivity index (χ3n) is 6.86. The molecule has 0 atom stereocenters. The van der Waals surface area contributed by atoms with E-state index in [-0.39, 0.29) is 5.78 Å². The summed E-state index contributed by atoms with van der Waals surface area (Å²) in [7, 11) is 0. The largest absolute Gasteiger partial charge is 0.492 e. The van der Waals surface area contributed by atoms with E-state index in [0.29, 0.717) is 28.6 Å². The fourth-order valence-corrected chi connectivity index (χ4v) is 5.98. The number of halogens is 3. The maximum atomic E-state index is 14.0. The van der Waals surface area contributed by atoms with Crippen molar-refractivity contribution >= 4 is 54.8 Å². The molecule has 0 fully saturated rings. The van der Waals surface area contributed by atoms with E-state index in [1.54, 1.807) is 12.1 Å². The van der Waals surface area contributed by atoms with Crippen molar-refractivity contribution in [2.75, 3.05) is 26.2 Å². The molecule has 0 amide bonds. The normalized spacial score (nSPS) is 11.4. The van der Waals surface area contributed by atoms with Gasteiger partial charge < -0.3 is 14.0 Å². The quantitative estimate of drug-likeness (QED) is 0.0987. The number of rotatable bonds is 14. The molecular weight excluding hydrogens is 640 g/mol. The van der Waals surface area contributed by atoms with Crippen LogP contribution in [0.1, 0.15) is 62.0 Å². The van der Waals surface area contributed by atoms with Gasteiger partial charge in [-0.25, -0.2) is 0 Å². The second-order valence-corrected chi connectivity index (χ2v) is 11.8. The minimum atomic E-state index is -0.101. The van der Waals surface area contributed by atoms with Gasteiger partial charge >= 0.3 is 0 Å². The highest BCUT2D eigenvalue weighted by atomic mass is 79.9. The topological polar surface area (TPSA) is 34.0 Å². The molecule has 0 N–H and O–H groups in total. The fourth-order valence-electron chi connectivity index (χ4n) is 4.74. The van der Waals surface area contributed by atoms with Crippen LogP contribution in [-0.2, 0) is 0 Å². The van der Waals surface area contributed by atoms with Gasteiger partial charge in [0.05, 0.1) is 21.6 Å². The molecule has 2 aromatic carbocycles. The third-order valence-corrected chi connectivity index (χ3v) is 8.48. The number of hydrogen-bond donors (Lipinski definition) is 0. The van der Waals surface area contributed by atoms with E-state index >= 15 is 0 Å². The summed E-state index contributed by atoms with van der Waals surface area (Å²) in [5.74, 6) is 0.506. The highest BCUT2D eigenvalue weighted by Crippen LogP contribution is 2.39. The molecule has 7 heteroatoms. The van der Waals surface area contributed by atoms with Crippen LogP contribution in [0.25, 0.3) is 16.6 Å². The van der Waals surface area contributed by atoms with Crippen molar-refractivity contribution in [3.8, 4) is 16.9 Å². The molecule has 2 heterocycles. The molecule has 0 aliphatic carbocycles. The van der Waals surface area contributed by atoms with Gasteiger partial charge in [0.2, 0.25) is 5.78 Å². The summed E-state index contributed by atoms with van der Waals surface area (Å²) in [5.41, 5.74) is 3.84. The molecular formula is C32H35Br2ClN2O2. The van der Waals surface area contributed by atoms with Crippen LogP contribution in [0.3, 0.4) is 0 Å². The Balaban J connectivity index is 1.52. The number of pyridine rings is 1. The maximum Gasteiger partial charge on any atom is 0.210 e. The lowest BCUT2D eigenvalue weighted by Crippen LogP contribution is -2.28. The number of hydrogen-bond acceptors (Lipinski definition) is 3. The summed E-state index contributed by atoms with van der Waals surface area (Å²) in [4.78, 5) is 16.5. The zero-order valence-electron chi connectivity index (χ0n) is 22.6. The Bertz CT molecular complexity index is 1390. The van der Waals surface area contributed by atoms with Gasteiger partial charge in [0.1, 0.15) is 11.4 Å². The molecule has 2 aromatic heterocycles. The lowest BCUT2D eigenvalue weighted by Gasteiger charge is -2.22. The summed E-state index contributed by atoms with van der Waals surface area (Å²) in [5, 5.41) is 0.444. The molecule has 0 bridgehead atoms. The molecule has 0 saturated carbocycles. The van der Waals surface area contributed by atoms with Crippen LogP contribution < -0.4 is 4.74 Å². The average molecular weight is 675 g/mol. The van der Waals surface area contributed by atoms with Gasteiger partial charge in [-0.2, -0.15) is 0 Å². The van der Waals surface area contributed by atoms with E-state index in [1.165, 1.54) is 25.7 Å². The molecule has 0 radical (unpaired) electrons. The molecule has 0 saturated heterocycles. The van der Waals surface area contributed by atoms with Gasteiger partial charge in [-0.05, 0) is 96.3 Å². The molecule has 0 unspecified atom stereocenters. The van der Waals surface area contributed by atoms with E-state index in [9.17, 15) is 4.79 Å². The summed E-state index contributed by atoms with van der Waals surface area (Å²) >= 11 is 13.9. The van der Waals surface area contributed by atoms with Crippen LogP contribution in [0, 0.1) is 0 Å². The summed E-state index contributed by atoms with van der Waals surface area (Å²) in [6, 6.07) is 19.2. The number of unbranched alkanes of at least 4 members (excludes halogenated alkanes) is 2. The zero-order chi connectivity index (χ0) is 27.8. The van der Waals surface area contributed by atoms with Crippen LogP contribution in [0.2, 0.25) is 5.02 Å². The molecule has 4 rings (SSSR count). The first-order valence-corrected chi connectivity index (χ1v) is 15.6. The second kappa shape index (κ2) is 14.5. The molecule has 206 valence electrons. The summed E-state index contributed by atoms with van der Waals surface area (Å²) in [6.07, 6.45) is 7.72. The number of benzene rings is 2. The second-order valence-electron chi connectivity index (χ2n) is 9.73. The SMILES string of the molecule is CCCCN(CCCC)CCCOc1ccc(C(=O)c2c(-c3ccc(Br)cc3)c(Br)c3ccccn23)cc1Cl. The van der Waals surface area contributed by atoms with Crippen molar-refractivity contribution < 1.29 is 9.53 Å². The first-order chi connectivity index (χ1) is 18.9. The summed E-state index contributed by atoms with van der Waals surface area (Å²) in [6.45, 7) is 8.35. The Labute approximate surface area is 253 Å². The first-order valence-electron chi connectivity index (χ1n) is 13.7. The minimum absolute atomic E-state index is 0.101. The Morgan fingerprint density at radius 3 is 2.28 bits per heavy atom. The van der Waals surface area contributed by atoms with Crippen LogP contribution in [0.5, 0.6) is 5.75 Å². The smallest absolute Gasteiger partial charge is 0.210 e. The Morgan fingerprint density at radius 1 is 0.923 bits per heavy atom. The van der Waals surface area contributed by atoms with E-state index in [4.69, 9.17) is 16.3 Å². The molecule has 0 spiro atoms. The van der Waals surface area contributed by atoms with Crippen molar-refractivity contribution in [2.24, 2.45) is 0 Å². The van der Waals surface area contributed by atoms with E-state index in [0.717, 1.165) is 51.6 Å². The predicted octanol–water partition coefficient (Wildman–Crippen LogP) is 9.69. The molecule has 0 aliphatic rings. The molecule has 0 aliphatic heterocycles. The van der Waals surface area contributed by atoms with Crippen molar-refractivity contribution in [3.63, 3.8) is 0 Å². The van der Waals surface area contributed by atoms with Crippen molar-refractivity contribution in [2.45, 2.75) is 46.0 Å². The fraction of sp³-hybridized carbons (Fsp3) is 0.344. The first kappa shape index (κ1) is 29.9. The third kappa shape index (κ3) is 7.35. The highest BCUT2D eigenvalue weighted by molar-refractivity contribution is 9.11. The van der Waals surface area contributed by atoms with Crippen LogP contribution in [0.4, 0.5) is 0 Å². The number of fused-ring (bicyclic) bond motifs is 1. The molecule has 4 nitrogen and oxygen atoms in total. The number of carbonyl (C=O) groups is 1. The molecule has 4 aromatic rings. The van der Waals surface area contributed by atoms with Crippen LogP contribution in [0.15, 0.2) is 75.8 Å². The van der Waals surface area contributed by atoms with E-state index in [1.807, 2.05) is 59.1 Å². The monoisotopic (exact) mass is 672 g/mol. The van der Waals surface area contributed by atoms with Gasteiger partial charge in [0, 0.05) is 28.3 Å². The number of nitrogens with zero attached hydrogens (tertiary/aromatic N) is 2. The Hall–Kier alpha value is -2.12. The van der Waals surface area contributed by atoms with Gasteiger partial charge in [-0.3, -0.25) is 4.79 Å². The number of ether oxygens (including phenoxy) is 1. The van der Waals surface area contributed by atoms with E-state index < -0.39 is 0 Å². The number of aromatic nitrogens is 1. The highest BCUT2D eigenvalue weighted by Gasteiger charge is 2.25. The van der Waals surface area contributed by atoms with Crippen LogP contribution in [-0.4, -0.2) is 41.3 Å². The molecule has 39 heavy (non-hydrogen) atoms. The average Bonchev–Trinajstić information content (AvgIpc) is 3.25. The van der Waals surface area contributed by atoms with Crippen molar-refractivity contribution in [1.29, 1.82) is 0 Å². The van der Waals surface area contributed by atoms with Crippen LogP contribution >= 0.6 is 43.5 Å². The number of ketones is 1. The van der Waals surface area contributed by atoms with Gasteiger partial charge in [0.25, 0.3) is 0 Å². The number of carbonyl (C=O) groups excluding carboxylic acids is 1. The minimum Gasteiger partial charge on any atom is -0.492 e. The zero-order valence-corrected chi connectivity index (χ0v) is 26.5. The van der Waals surface area contributed by atoms with Gasteiger partial charge in [-0.15, -0.1) is 0 Å². The van der Waals surface area contributed by atoms with Gasteiger partial charge in [-0.1, -0.05) is 72.4 Å². The maximum absolute atomic E-state index is 14.0. The standard InChI is InChI=1S/C32H35Br2ClN2O2/c1-3-5-17-36(18-6-4-2)19-9-21-39-28-16-13-24(22-26(28)35)32(38)31-29(23-11-14-25(33)15-12-23)30(34)27-10-7-8-20-37(27)31/h7-8,10-16,20,22H,3-6,9,17-19,21H2,1-2H3. The summed E-state index contributed by atoms with van der Waals surface area (Å²) < 4.78 is 9.83.